The highest BCUT2D eigenvalue weighted by atomic mass is 79.9. The van der Waals surface area contributed by atoms with Gasteiger partial charge in [0.05, 0.1) is 20.5 Å². The maximum Gasteiger partial charge on any atom is 0.0776 e. The van der Waals surface area contributed by atoms with Crippen LogP contribution in [0.5, 0.6) is 0 Å². The van der Waals surface area contributed by atoms with Gasteiger partial charge in [-0.1, -0.05) is 11.6 Å². The molecule has 90 valence electrons. The van der Waals surface area contributed by atoms with E-state index in [0.717, 1.165) is 15.9 Å². The predicted molar refractivity (Wildman–Crippen MR) is 75.0 cm³/mol. The third kappa shape index (κ3) is 3.26. The predicted octanol–water partition coefficient (Wildman–Crippen LogP) is 3.31. The van der Waals surface area contributed by atoms with Gasteiger partial charge < -0.3 is 0 Å². The molecule has 2 heterocycles. The third-order valence-corrected chi connectivity index (χ3v) is 4.32. The molecule has 0 saturated heterocycles. The van der Waals surface area contributed by atoms with E-state index in [9.17, 15) is 0 Å². The molecule has 0 aliphatic heterocycles. The van der Waals surface area contributed by atoms with E-state index in [1.165, 1.54) is 4.88 Å². The molecule has 0 saturated carbocycles. The molecule has 0 aliphatic carbocycles. The van der Waals surface area contributed by atoms with Crippen molar-refractivity contribution in [2.75, 3.05) is 0 Å². The van der Waals surface area contributed by atoms with Gasteiger partial charge in [0.1, 0.15) is 0 Å². The molecule has 0 spiro atoms. The number of hydrazine groups is 1. The normalized spacial score (nSPS) is 12.6. The van der Waals surface area contributed by atoms with Crippen LogP contribution in [0.4, 0.5) is 0 Å². The van der Waals surface area contributed by atoms with E-state index in [-0.39, 0.29) is 6.04 Å². The Kier molecular flexibility index (Phi) is 4.53. The fourth-order valence-electron chi connectivity index (χ4n) is 1.55. The van der Waals surface area contributed by atoms with Gasteiger partial charge in [-0.2, -0.15) is 0 Å². The van der Waals surface area contributed by atoms with Crippen LogP contribution in [0.3, 0.4) is 0 Å². The second-order valence-electron chi connectivity index (χ2n) is 3.50. The van der Waals surface area contributed by atoms with E-state index in [1.54, 1.807) is 23.6 Å². The summed E-state index contributed by atoms with van der Waals surface area (Å²) in [6.07, 6.45) is 2.49. The van der Waals surface area contributed by atoms with Crippen molar-refractivity contribution in [2.24, 2.45) is 5.84 Å². The second-order valence-corrected chi connectivity index (χ2v) is 6.45. The lowest BCUT2D eigenvalue weighted by molar-refractivity contribution is 0.542. The van der Waals surface area contributed by atoms with Crippen LogP contribution in [-0.4, -0.2) is 4.98 Å². The monoisotopic (exact) mass is 331 g/mol. The standard InChI is InChI=1S/C11H11BrClN3S/c12-10-4-3-7(17-10)6-9(16-14)11-8(13)2-1-5-15-11/h1-5,9,16H,6,14H2. The minimum absolute atomic E-state index is 0.0748. The minimum Gasteiger partial charge on any atom is -0.271 e. The number of hydrogen-bond donors (Lipinski definition) is 2. The van der Waals surface area contributed by atoms with E-state index in [0.29, 0.717) is 5.02 Å². The highest BCUT2D eigenvalue weighted by Crippen LogP contribution is 2.28. The summed E-state index contributed by atoms with van der Waals surface area (Å²) in [6.45, 7) is 0. The topological polar surface area (TPSA) is 50.9 Å². The van der Waals surface area contributed by atoms with Crippen LogP contribution >= 0.6 is 38.9 Å². The Labute approximate surface area is 117 Å². The van der Waals surface area contributed by atoms with Gasteiger partial charge in [-0.3, -0.25) is 16.3 Å². The summed E-state index contributed by atoms with van der Waals surface area (Å²) in [4.78, 5) is 5.49. The summed E-state index contributed by atoms with van der Waals surface area (Å²) in [5.74, 6) is 5.57. The van der Waals surface area contributed by atoms with Crippen molar-refractivity contribution < 1.29 is 0 Å². The number of nitrogens with one attached hydrogen (secondary N) is 1. The molecule has 2 aromatic heterocycles. The number of rotatable bonds is 4. The van der Waals surface area contributed by atoms with Gasteiger partial charge in [-0.25, -0.2) is 0 Å². The molecule has 0 radical (unpaired) electrons. The van der Waals surface area contributed by atoms with Crippen molar-refractivity contribution in [2.45, 2.75) is 12.5 Å². The Bertz CT molecular complexity index is 503. The first-order chi connectivity index (χ1) is 8.20. The molecule has 3 nitrogen and oxygen atoms in total. The molecule has 3 N–H and O–H groups in total. The molecule has 2 aromatic rings. The molecule has 1 atom stereocenters. The van der Waals surface area contributed by atoms with Gasteiger partial charge >= 0.3 is 0 Å². The van der Waals surface area contributed by atoms with Crippen LogP contribution in [0.2, 0.25) is 5.02 Å². The van der Waals surface area contributed by atoms with Crippen molar-refractivity contribution in [1.82, 2.24) is 10.4 Å². The Morgan fingerprint density at radius 3 is 2.88 bits per heavy atom. The average Bonchev–Trinajstić information content (AvgIpc) is 2.73. The van der Waals surface area contributed by atoms with E-state index >= 15 is 0 Å². The first-order valence-corrected chi connectivity index (χ1v) is 7.00. The average molecular weight is 333 g/mol. The minimum atomic E-state index is -0.0748. The van der Waals surface area contributed by atoms with Crippen LogP contribution in [0, 0.1) is 0 Å². The zero-order valence-corrected chi connectivity index (χ0v) is 12.0. The van der Waals surface area contributed by atoms with E-state index in [2.05, 4.69) is 32.4 Å². The number of pyridine rings is 1. The molecule has 17 heavy (non-hydrogen) atoms. The van der Waals surface area contributed by atoms with Crippen molar-refractivity contribution in [3.05, 3.63) is 49.8 Å². The molecule has 0 aromatic carbocycles. The smallest absolute Gasteiger partial charge is 0.0776 e. The molecule has 1 unspecified atom stereocenters. The lowest BCUT2D eigenvalue weighted by atomic mass is 10.1. The van der Waals surface area contributed by atoms with Gasteiger partial charge in [0.25, 0.3) is 0 Å². The highest BCUT2D eigenvalue weighted by Gasteiger charge is 2.16. The van der Waals surface area contributed by atoms with Gasteiger partial charge in [0.2, 0.25) is 0 Å². The van der Waals surface area contributed by atoms with E-state index < -0.39 is 0 Å². The van der Waals surface area contributed by atoms with Crippen molar-refractivity contribution >= 4 is 38.9 Å². The fourth-order valence-corrected chi connectivity index (χ4v) is 3.33. The SMILES string of the molecule is NNC(Cc1ccc(Br)s1)c1ncccc1Cl. The molecule has 0 amide bonds. The number of hydrogen-bond acceptors (Lipinski definition) is 4. The van der Waals surface area contributed by atoms with Crippen LogP contribution in [-0.2, 0) is 6.42 Å². The van der Waals surface area contributed by atoms with Crippen molar-refractivity contribution in [3.63, 3.8) is 0 Å². The zero-order valence-electron chi connectivity index (χ0n) is 8.86. The Morgan fingerprint density at radius 2 is 2.29 bits per heavy atom. The maximum absolute atomic E-state index is 6.11. The maximum atomic E-state index is 6.11. The summed E-state index contributed by atoms with van der Waals surface area (Å²) < 4.78 is 1.11. The van der Waals surface area contributed by atoms with E-state index in [1.807, 2.05) is 12.1 Å². The first kappa shape index (κ1) is 13.0. The van der Waals surface area contributed by atoms with Crippen LogP contribution < -0.4 is 11.3 Å². The first-order valence-electron chi connectivity index (χ1n) is 5.01. The number of aromatic nitrogens is 1. The van der Waals surface area contributed by atoms with Crippen LogP contribution in [0.15, 0.2) is 34.2 Å². The highest BCUT2D eigenvalue weighted by molar-refractivity contribution is 9.11. The van der Waals surface area contributed by atoms with Gasteiger partial charge in [-0.05, 0) is 40.2 Å². The molecule has 0 bridgehead atoms. The van der Waals surface area contributed by atoms with Gasteiger partial charge in [-0.15, -0.1) is 11.3 Å². The lowest BCUT2D eigenvalue weighted by Crippen LogP contribution is -2.30. The Balaban J connectivity index is 2.20. The zero-order chi connectivity index (χ0) is 12.3. The Morgan fingerprint density at radius 1 is 1.47 bits per heavy atom. The number of thiophene rings is 1. The Hall–Kier alpha value is -0.460. The fraction of sp³-hybridized carbons (Fsp3) is 0.182. The summed E-state index contributed by atoms with van der Waals surface area (Å²) in [5, 5.41) is 0.631. The van der Waals surface area contributed by atoms with Crippen molar-refractivity contribution in [1.29, 1.82) is 0 Å². The molecular formula is C11H11BrClN3S. The largest absolute Gasteiger partial charge is 0.271 e. The van der Waals surface area contributed by atoms with Crippen LogP contribution in [0.1, 0.15) is 16.6 Å². The summed E-state index contributed by atoms with van der Waals surface area (Å²) in [6, 6.07) is 7.64. The van der Waals surface area contributed by atoms with Crippen molar-refractivity contribution in [3.8, 4) is 0 Å². The van der Waals surface area contributed by atoms with Gasteiger partial charge in [0.15, 0.2) is 0 Å². The molecule has 6 heteroatoms. The summed E-state index contributed by atoms with van der Waals surface area (Å²) in [5.41, 5.74) is 3.54. The molecular weight excluding hydrogens is 322 g/mol. The van der Waals surface area contributed by atoms with Crippen LogP contribution in [0.25, 0.3) is 0 Å². The van der Waals surface area contributed by atoms with Gasteiger partial charge in [0, 0.05) is 17.5 Å². The molecule has 2 rings (SSSR count). The quantitative estimate of drug-likeness (QED) is 0.667. The number of nitrogens with zero attached hydrogens (tertiary/aromatic N) is 1. The third-order valence-electron chi connectivity index (χ3n) is 2.35. The molecule has 0 fully saturated rings. The second kappa shape index (κ2) is 5.93. The summed E-state index contributed by atoms with van der Waals surface area (Å²) >= 11 is 11.2. The number of nitrogens with two attached hydrogens (primary N) is 1. The summed E-state index contributed by atoms with van der Waals surface area (Å²) in [7, 11) is 0. The lowest BCUT2D eigenvalue weighted by Gasteiger charge is -2.15. The number of halogens is 2. The molecule has 0 aliphatic rings. The van der Waals surface area contributed by atoms with E-state index in [4.69, 9.17) is 17.4 Å².